The molecule has 1 aromatic heterocycles. The molecule has 0 aliphatic rings. The van der Waals surface area contributed by atoms with Gasteiger partial charge < -0.3 is 9.84 Å². The van der Waals surface area contributed by atoms with E-state index < -0.39 is 29.1 Å². The maximum atomic E-state index is 12.7. The topological polar surface area (TPSA) is 96.8 Å². The Bertz CT molecular complexity index is 629. The Labute approximate surface area is 141 Å². The maximum Gasteiger partial charge on any atom is 0.416 e. The molecule has 1 atom stereocenters. The smallest absolute Gasteiger partial charge is 0.416 e. The number of aliphatic carboxylic acids is 1. The standard InChI is InChI=1S/C17H24N2O5/c1-16(2,3)13(14(21)22)19(15(23)24-17(4,5)6)12-9-7-8-11(10-20)18-12/h7-10,13H,1-6H3,(H,21,22). The minimum atomic E-state index is -1.22. The molecule has 0 aliphatic carbocycles. The van der Waals surface area contributed by atoms with Gasteiger partial charge in [-0.15, -0.1) is 0 Å². The zero-order valence-corrected chi connectivity index (χ0v) is 14.9. The fraction of sp³-hybridized carbons (Fsp3) is 0.529. The molecular weight excluding hydrogens is 312 g/mol. The first kappa shape index (κ1) is 19.6. The molecule has 1 unspecified atom stereocenters. The number of aromatic nitrogens is 1. The molecule has 1 N–H and O–H groups in total. The highest BCUT2D eigenvalue weighted by molar-refractivity contribution is 5.95. The first-order valence-electron chi connectivity index (χ1n) is 7.54. The number of hydrogen-bond acceptors (Lipinski definition) is 5. The Morgan fingerprint density at radius 2 is 1.79 bits per heavy atom. The summed E-state index contributed by atoms with van der Waals surface area (Å²) in [6.45, 7) is 10.2. The Hall–Kier alpha value is -2.44. The van der Waals surface area contributed by atoms with Gasteiger partial charge in [0.15, 0.2) is 6.29 Å². The molecule has 1 aromatic rings. The molecule has 0 fully saturated rings. The molecule has 0 spiro atoms. The molecular formula is C17H24N2O5. The predicted octanol–water partition coefficient (Wildman–Crippen LogP) is 3.13. The zero-order chi connectivity index (χ0) is 18.7. The first-order valence-corrected chi connectivity index (χ1v) is 7.54. The summed E-state index contributed by atoms with van der Waals surface area (Å²) >= 11 is 0. The van der Waals surface area contributed by atoms with Crippen LogP contribution in [0.3, 0.4) is 0 Å². The highest BCUT2D eigenvalue weighted by Gasteiger charge is 2.42. The van der Waals surface area contributed by atoms with Gasteiger partial charge in [-0.3, -0.25) is 4.79 Å². The number of carbonyl (C=O) groups excluding carboxylic acids is 2. The van der Waals surface area contributed by atoms with E-state index in [1.54, 1.807) is 41.5 Å². The molecule has 1 rings (SSSR count). The number of hydrogen-bond donors (Lipinski definition) is 1. The molecule has 24 heavy (non-hydrogen) atoms. The summed E-state index contributed by atoms with van der Waals surface area (Å²) in [4.78, 5) is 40.5. The van der Waals surface area contributed by atoms with Gasteiger partial charge in [-0.1, -0.05) is 26.8 Å². The summed E-state index contributed by atoms with van der Waals surface area (Å²) in [7, 11) is 0. The van der Waals surface area contributed by atoms with Crippen LogP contribution in [0.15, 0.2) is 18.2 Å². The van der Waals surface area contributed by atoms with Crippen LogP contribution in [-0.4, -0.2) is 40.1 Å². The number of amides is 1. The second-order valence-electron chi connectivity index (χ2n) is 7.50. The summed E-state index contributed by atoms with van der Waals surface area (Å²) in [6.07, 6.45) is -0.302. The van der Waals surface area contributed by atoms with E-state index in [1.807, 2.05) is 0 Å². The average molecular weight is 336 g/mol. The van der Waals surface area contributed by atoms with E-state index in [0.717, 1.165) is 4.90 Å². The van der Waals surface area contributed by atoms with Gasteiger partial charge in [0, 0.05) is 0 Å². The SMILES string of the molecule is CC(C)(C)OC(=O)N(c1cccc(C=O)n1)C(C(=O)O)C(C)(C)C. The number of ether oxygens (including phenoxy) is 1. The maximum absolute atomic E-state index is 12.7. The second kappa shape index (κ2) is 6.98. The Balaban J connectivity index is 3.47. The van der Waals surface area contributed by atoms with Crippen LogP contribution in [0.2, 0.25) is 0 Å². The number of carboxylic acids is 1. The van der Waals surface area contributed by atoms with Crippen LogP contribution < -0.4 is 4.90 Å². The van der Waals surface area contributed by atoms with Gasteiger partial charge in [-0.2, -0.15) is 0 Å². The molecule has 0 radical (unpaired) electrons. The Morgan fingerprint density at radius 3 is 2.21 bits per heavy atom. The third-order valence-corrected chi connectivity index (χ3v) is 3.03. The molecule has 0 aromatic carbocycles. The van der Waals surface area contributed by atoms with E-state index in [0.29, 0.717) is 6.29 Å². The van der Waals surface area contributed by atoms with Crippen LogP contribution in [0.25, 0.3) is 0 Å². The first-order chi connectivity index (χ1) is 10.9. The fourth-order valence-corrected chi connectivity index (χ4v) is 2.15. The summed E-state index contributed by atoms with van der Waals surface area (Å²) in [5.74, 6) is -1.14. The van der Waals surface area contributed by atoms with E-state index in [-0.39, 0.29) is 11.5 Å². The minimum Gasteiger partial charge on any atom is -0.480 e. The summed E-state index contributed by atoms with van der Waals surface area (Å²) in [6, 6.07) is 3.25. The Kier molecular flexibility index (Phi) is 5.71. The van der Waals surface area contributed by atoms with Crippen LogP contribution in [0.5, 0.6) is 0 Å². The number of anilines is 1. The van der Waals surface area contributed by atoms with Crippen LogP contribution in [0.4, 0.5) is 10.6 Å². The van der Waals surface area contributed by atoms with Gasteiger partial charge in [-0.25, -0.2) is 19.5 Å². The number of aldehydes is 1. The van der Waals surface area contributed by atoms with Crippen molar-refractivity contribution in [3.05, 3.63) is 23.9 Å². The molecule has 7 heteroatoms. The molecule has 7 nitrogen and oxygen atoms in total. The van der Waals surface area contributed by atoms with E-state index in [4.69, 9.17) is 4.74 Å². The zero-order valence-electron chi connectivity index (χ0n) is 14.9. The van der Waals surface area contributed by atoms with Crippen molar-refractivity contribution >= 4 is 24.2 Å². The van der Waals surface area contributed by atoms with Gasteiger partial charge in [0.25, 0.3) is 0 Å². The van der Waals surface area contributed by atoms with Crippen LogP contribution >= 0.6 is 0 Å². The van der Waals surface area contributed by atoms with Crippen molar-refractivity contribution in [2.24, 2.45) is 5.41 Å². The van der Waals surface area contributed by atoms with Crippen molar-refractivity contribution in [3.63, 3.8) is 0 Å². The molecule has 0 saturated carbocycles. The Morgan fingerprint density at radius 1 is 1.21 bits per heavy atom. The van der Waals surface area contributed by atoms with Crippen molar-refractivity contribution in [2.75, 3.05) is 4.90 Å². The lowest BCUT2D eigenvalue weighted by atomic mass is 9.85. The van der Waals surface area contributed by atoms with Crippen LogP contribution in [0, 0.1) is 5.41 Å². The molecule has 0 aliphatic heterocycles. The lowest BCUT2D eigenvalue weighted by Gasteiger charge is -2.37. The largest absolute Gasteiger partial charge is 0.480 e. The summed E-state index contributed by atoms with van der Waals surface area (Å²) in [5, 5.41) is 9.67. The number of carbonyl (C=O) groups is 3. The van der Waals surface area contributed by atoms with Gasteiger partial charge >= 0.3 is 12.1 Å². The lowest BCUT2D eigenvalue weighted by molar-refractivity contribution is -0.141. The van der Waals surface area contributed by atoms with Gasteiger partial charge in [0.1, 0.15) is 23.2 Å². The third kappa shape index (κ3) is 5.04. The minimum absolute atomic E-state index is 0.0520. The van der Waals surface area contributed by atoms with E-state index >= 15 is 0 Å². The molecule has 1 heterocycles. The summed E-state index contributed by atoms with van der Waals surface area (Å²) < 4.78 is 5.35. The number of rotatable bonds is 4. The molecule has 0 saturated heterocycles. The fourth-order valence-electron chi connectivity index (χ4n) is 2.15. The predicted molar refractivity (Wildman–Crippen MR) is 89.2 cm³/mol. The van der Waals surface area contributed by atoms with Crippen molar-refractivity contribution in [3.8, 4) is 0 Å². The van der Waals surface area contributed by atoms with Crippen molar-refractivity contribution < 1.29 is 24.2 Å². The molecule has 132 valence electrons. The summed E-state index contributed by atoms with van der Waals surface area (Å²) in [5.41, 5.74) is -1.50. The normalized spacial score (nSPS) is 13.1. The lowest BCUT2D eigenvalue weighted by Crippen LogP contribution is -2.54. The third-order valence-electron chi connectivity index (χ3n) is 3.03. The number of pyridine rings is 1. The molecule has 0 bridgehead atoms. The highest BCUT2D eigenvalue weighted by atomic mass is 16.6. The highest BCUT2D eigenvalue weighted by Crippen LogP contribution is 2.30. The van der Waals surface area contributed by atoms with Crippen molar-refractivity contribution in [2.45, 2.75) is 53.2 Å². The van der Waals surface area contributed by atoms with Gasteiger partial charge in [0.2, 0.25) is 0 Å². The van der Waals surface area contributed by atoms with Crippen LogP contribution in [-0.2, 0) is 9.53 Å². The number of carboxylic acid groups (broad SMARTS) is 1. The molecule has 1 amide bonds. The number of nitrogens with zero attached hydrogens (tertiary/aromatic N) is 2. The van der Waals surface area contributed by atoms with Crippen molar-refractivity contribution in [1.29, 1.82) is 0 Å². The van der Waals surface area contributed by atoms with E-state index in [9.17, 15) is 19.5 Å². The van der Waals surface area contributed by atoms with E-state index in [1.165, 1.54) is 18.2 Å². The van der Waals surface area contributed by atoms with E-state index in [2.05, 4.69) is 4.98 Å². The second-order valence-corrected chi connectivity index (χ2v) is 7.50. The quantitative estimate of drug-likeness (QED) is 0.848. The average Bonchev–Trinajstić information content (AvgIpc) is 2.40. The van der Waals surface area contributed by atoms with Gasteiger partial charge in [-0.05, 0) is 38.3 Å². The van der Waals surface area contributed by atoms with Gasteiger partial charge in [0.05, 0.1) is 0 Å². The monoisotopic (exact) mass is 336 g/mol. The van der Waals surface area contributed by atoms with Crippen molar-refractivity contribution in [1.82, 2.24) is 4.98 Å². The van der Waals surface area contributed by atoms with Crippen LogP contribution in [0.1, 0.15) is 52.0 Å².